The number of nitrogens with two attached hydrogens (primary N) is 2. The average molecular weight is 336 g/mol. The van der Waals surface area contributed by atoms with Gasteiger partial charge in [0, 0.05) is 0 Å². The Balaban J connectivity index is 0.000000220. The predicted octanol–water partition coefficient (Wildman–Crippen LogP) is 1.26. The second-order valence-corrected chi connectivity index (χ2v) is 5.81. The van der Waals surface area contributed by atoms with Gasteiger partial charge in [-0.05, 0) is 51.9 Å². The quantitative estimate of drug-likeness (QED) is 0.503. The highest BCUT2D eigenvalue weighted by Crippen LogP contribution is 2.35. The summed E-state index contributed by atoms with van der Waals surface area (Å²) in [5.74, 6) is 0. The zero-order chi connectivity index (χ0) is 17.1. The molecule has 0 amide bonds. The SMILES string of the molecule is NC1(C(F)(F)F)CCNCC1.NC1(C(F)(F)F)CCNCC1. The standard InChI is InChI=1S/2C6H11F3N2/c2*7-6(8,9)5(10)1-3-11-4-2-5/h2*11H,1-4,10H2. The van der Waals surface area contributed by atoms with Crippen LogP contribution >= 0.6 is 0 Å². The van der Waals surface area contributed by atoms with Gasteiger partial charge < -0.3 is 22.1 Å². The van der Waals surface area contributed by atoms with Crippen LogP contribution in [0.3, 0.4) is 0 Å². The van der Waals surface area contributed by atoms with Crippen LogP contribution in [0.5, 0.6) is 0 Å². The van der Waals surface area contributed by atoms with Crippen molar-refractivity contribution in [2.24, 2.45) is 11.5 Å². The molecule has 6 N–H and O–H groups in total. The lowest BCUT2D eigenvalue weighted by atomic mass is 9.89. The zero-order valence-corrected chi connectivity index (χ0v) is 12.1. The van der Waals surface area contributed by atoms with Crippen LogP contribution in [0.25, 0.3) is 0 Å². The van der Waals surface area contributed by atoms with E-state index in [2.05, 4.69) is 10.6 Å². The molecule has 0 saturated carbocycles. The van der Waals surface area contributed by atoms with Crippen LogP contribution in [0, 0.1) is 0 Å². The van der Waals surface area contributed by atoms with Crippen molar-refractivity contribution in [2.75, 3.05) is 26.2 Å². The van der Waals surface area contributed by atoms with Crippen molar-refractivity contribution in [3.8, 4) is 0 Å². The molecule has 0 aromatic heterocycles. The van der Waals surface area contributed by atoms with Crippen LogP contribution in [0.1, 0.15) is 25.7 Å². The first-order valence-electron chi connectivity index (χ1n) is 7.04. The van der Waals surface area contributed by atoms with Crippen molar-refractivity contribution < 1.29 is 26.3 Å². The van der Waals surface area contributed by atoms with Crippen molar-refractivity contribution in [1.82, 2.24) is 10.6 Å². The molecule has 0 radical (unpaired) electrons. The Bertz CT molecular complexity index is 309. The molecule has 2 heterocycles. The molecule has 0 aromatic rings. The summed E-state index contributed by atoms with van der Waals surface area (Å²) < 4.78 is 73.0. The number of rotatable bonds is 0. The summed E-state index contributed by atoms with van der Waals surface area (Å²) >= 11 is 0. The van der Waals surface area contributed by atoms with Gasteiger partial charge in [0.1, 0.15) is 11.1 Å². The van der Waals surface area contributed by atoms with Gasteiger partial charge in [0.2, 0.25) is 0 Å². The summed E-state index contributed by atoms with van der Waals surface area (Å²) in [6, 6.07) is 0. The fraction of sp³-hybridized carbons (Fsp3) is 1.00. The van der Waals surface area contributed by atoms with E-state index in [9.17, 15) is 26.3 Å². The Hall–Kier alpha value is -0.580. The van der Waals surface area contributed by atoms with E-state index in [0.717, 1.165) is 0 Å². The highest BCUT2D eigenvalue weighted by molar-refractivity contribution is 4.96. The molecule has 2 aliphatic rings. The van der Waals surface area contributed by atoms with E-state index < -0.39 is 23.4 Å². The molecule has 4 nitrogen and oxygen atoms in total. The number of piperidine rings is 2. The van der Waals surface area contributed by atoms with Gasteiger partial charge in [-0.1, -0.05) is 0 Å². The number of nitrogens with one attached hydrogen (secondary N) is 2. The van der Waals surface area contributed by atoms with Crippen LogP contribution in [0.2, 0.25) is 0 Å². The lowest BCUT2D eigenvalue weighted by Crippen LogP contribution is -2.58. The maximum atomic E-state index is 12.2. The largest absolute Gasteiger partial charge is 0.406 e. The minimum atomic E-state index is -4.25. The highest BCUT2D eigenvalue weighted by atomic mass is 19.4. The van der Waals surface area contributed by atoms with Crippen LogP contribution in [-0.4, -0.2) is 49.6 Å². The fourth-order valence-electron chi connectivity index (χ4n) is 2.31. The van der Waals surface area contributed by atoms with Crippen LogP contribution in [0.4, 0.5) is 26.3 Å². The predicted molar refractivity (Wildman–Crippen MR) is 70.2 cm³/mol. The fourth-order valence-corrected chi connectivity index (χ4v) is 2.31. The average Bonchev–Trinajstić information content (AvgIpc) is 2.39. The first-order chi connectivity index (χ1) is 9.91. The molecule has 0 atom stereocenters. The maximum Gasteiger partial charge on any atom is 0.406 e. The lowest BCUT2D eigenvalue weighted by molar-refractivity contribution is -0.192. The zero-order valence-electron chi connectivity index (χ0n) is 12.1. The number of alkyl halides is 6. The number of hydrogen-bond acceptors (Lipinski definition) is 4. The van der Waals surface area contributed by atoms with Gasteiger partial charge in [-0.15, -0.1) is 0 Å². The van der Waals surface area contributed by atoms with Crippen molar-refractivity contribution in [3.63, 3.8) is 0 Å². The van der Waals surface area contributed by atoms with E-state index in [1.165, 1.54) is 0 Å². The molecule has 2 aliphatic heterocycles. The van der Waals surface area contributed by atoms with E-state index in [0.29, 0.717) is 26.2 Å². The van der Waals surface area contributed by atoms with Crippen molar-refractivity contribution >= 4 is 0 Å². The minimum Gasteiger partial charge on any atom is -0.318 e. The minimum absolute atomic E-state index is 0.0174. The Morgan fingerprint density at radius 1 is 0.591 bits per heavy atom. The smallest absolute Gasteiger partial charge is 0.318 e. The van der Waals surface area contributed by atoms with Crippen LogP contribution in [0.15, 0.2) is 0 Å². The van der Waals surface area contributed by atoms with Gasteiger partial charge in [0.15, 0.2) is 0 Å². The lowest BCUT2D eigenvalue weighted by Gasteiger charge is -2.35. The van der Waals surface area contributed by atoms with E-state index in [1.807, 2.05) is 0 Å². The van der Waals surface area contributed by atoms with Gasteiger partial charge in [-0.25, -0.2) is 0 Å². The molecule has 2 rings (SSSR count). The molecule has 0 aromatic carbocycles. The second-order valence-electron chi connectivity index (χ2n) is 5.81. The first kappa shape index (κ1) is 19.5. The van der Waals surface area contributed by atoms with Gasteiger partial charge in [0.25, 0.3) is 0 Å². The monoisotopic (exact) mass is 336 g/mol. The Morgan fingerprint density at radius 2 is 0.818 bits per heavy atom. The van der Waals surface area contributed by atoms with Gasteiger partial charge in [-0.3, -0.25) is 0 Å². The Labute approximate surface area is 125 Å². The third-order valence-corrected chi connectivity index (χ3v) is 4.12. The van der Waals surface area contributed by atoms with E-state index >= 15 is 0 Å². The summed E-state index contributed by atoms with van der Waals surface area (Å²) in [5, 5.41) is 5.66. The molecule has 0 spiro atoms. The summed E-state index contributed by atoms with van der Waals surface area (Å²) in [7, 11) is 0. The Morgan fingerprint density at radius 3 is 0.955 bits per heavy atom. The summed E-state index contributed by atoms with van der Waals surface area (Å²) in [6.45, 7) is 1.43. The molecule has 0 unspecified atom stereocenters. The third kappa shape index (κ3) is 4.71. The first-order valence-corrected chi connectivity index (χ1v) is 7.04. The second kappa shape index (κ2) is 6.90. The molecule has 10 heteroatoms. The molecular weight excluding hydrogens is 314 g/mol. The van der Waals surface area contributed by atoms with Crippen molar-refractivity contribution in [2.45, 2.75) is 49.1 Å². The molecule has 2 saturated heterocycles. The number of hydrogen-bond donors (Lipinski definition) is 4. The Kier molecular flexibility index (Phi) is 6.10. The topological polar surface area (TPSA) is 76.1 Å². The molecular formula is C12H22F6N4. The van der Waals surface area contributed by atoms with E-state index in [1.54, 1.807) is 0 Å². The van der Waals surface area contributed by atoms with Crippen molar-refractivity contribution in [3.05, 3.63) is 0 Å². The van der Waals surface area contributed by atoms with Crippen LogP contribution < -0.4 is 22.1 Å². The maximum absolute atomic E-state index is 12.2. The summed E-state index contributed by atoms with van der Waals surface area (Å²) in [5.41, 5.74) is 6.45. The van der Waals surface area contributed by atoms with Crippen LogP contribution in [-0.2, 0) is 0 Å². The van der Waals surface area contributed by atoms with Gasteiger partial charge in [-0.2, -0.15) is 26.3 Å². The van der Waals surface area contributed by atoms with E-state index in [4.69, 9.17) is 11.5 Å². The molecule has 2 fully saturated rings. The normalized spacial score (nSPS) is 25.1. The van der Waals surface area contributed by atoms with E-state index in [-0.39, 0.29) is 25.7 Å². The highest BCUT2D eigenvalue weighted by Gasteiger charge is 2.52. The van der Waals surface area contributed by atoms with Gasteiger partial charge >= 0.3 is 12.4 Å². The molecule has 22 heavy (non-hydrogen) atoms. The third-order valence-electron chi connectivity index (χ3n) is 4.12. The number of halogens is 6. The summed E-state index contributed by atoms with van der Waals surface area (Å²) in [6.07, 6.45) is -8.58. The molecule has 0 aliphatic carbocycles. The van der Waals surface area contributed by atoms with Gasteiger partial charge in [0.05, 0.1) is 0 Å². The van der Waals surface area contributed by atoms with Crippen molar-refractivity contribution in [1.29, 1.82) is 0 Å². The summed E-state index contributed by atoms with van der Waals surface area (Å²) in [4.78, 5) is 0. The molecule has 0 bridgehead atoms. The molecule has 132 valence electrons.